The Morgan fingerprint density at radius 3 is 2.63 bits per heavy atom. The molecule has 1 amide bonds. The molecule has 5 heterocycles. The van der Waals surface area contributed by atoms with E-state index in [1.54, 1.807) is 0 Å². The van der Waals surface area contributed by atoms with Crippen LogP contribution in [0.5, 0.6) is 0 Å². The molecule has 2 aliphatic rings. The van der Waals surface area contributed by atoms with E-state index in [2.05, 4.69) is 54.1 Å². The topological polar surface area (TPSA) is 78.7 Å². The van der Waals surface area contributed by atoms with E-state index in [1.165, 1.54) is 0 Å². The van der Waals surface area contributed by atoms with E-state index in [-0.39, 0.29) is 0 Å². The predicted molar refractivity (Wildman–Crippen MR) is 140 cm³/mol. The number of carbonyl (C=O) groups is 1. The Bertz CT molecular complexity index is 1110. The van der Waals surface area contributed by atoms with Crippen molar-refractivity contribution in [3.8, 4) is 11.1 Å². The summed E-state index contributed by atoms with van der Waals surface area (Å²) < 4.78 is 1.85. The molecule has 3 aromatic heterocycles. The fourth-order valence-corrected chi connectivity index (χ4v) is 4.62. The first-order valence-electron chi connectivity index (χ1n) is 13.0. The zero-order chi connectivity index (χ0) is 24.8. The van der Waals surface area contributed by atoms with Crippen LogP contribution in [0, 0.1) is 11.8 Å². The molecule has 0 bridgehead atoms. The van der Waals surface area contributed by atoms with Crippen molar-refractivity contribution >= 4 is 17.4 Å². The minimum absolute atomic E-state index is 0.332. The number of anilines is 1. The molecule has 8 heteroatoms. The van der Waals surface area contributed by atoms with E-state index < -0.39 is 0 Å². The summed E-state index contributed by atoms with van der Waals surface area (Å²) in [5.74, 6) is 2.58. The number of aromatic nitrogens is 4. The third kappa shape index (κ3) is 6.17. The van der Waals surface area contributed by atoms with Gasteiger partial charge in [0, 0.05) is 74.9 Å². The summed E-state index contributed by atoms with van der Waals surface area (Å²) in [6, 6.07) is 6.15. The number of carbonyl (C=O) groups excluding carboxylic acids is 1. The summed E-state index contributed by atoms with van der Waals surface area (Å²) in [4.78, 5) is 25.0. The fraction of sp³-hybridized carbons (Fsp3) is 0.556. The van der Waals surface area contributed by atoms with Crippen molar-refractivity contribution in [2.24, 2.45) is 11.8 Å². The number of fused-ring (bicyclic) bond motifs is 1. The number of hydrogen-bond donors (Lipinski definition) is 1. The Labute approximate surface area is 208 Å². The third-order valence-electron chi connectivity index (χ3n) is 6.46. The summed E-state index contributed by atoms with van der Waals surface area (Å²) in [5.41, 5.74) is 4.21. The van der Waals surface area contributed by atoms with Gasteiger partial charge in [0.25, 0.3) is 0 Å². The molecule has 0 saturated carbocycles. The molecular weight excluding hydrogens is 438 g/mol. The van der Waals surface area contributed by atoms with Crippen LogP contribution in [0.2, 0.25) is 0 Å². The largest absolute Gasteiger partial charge is 0.354 e. The molecule has 2 fully saturated rings. The lowest BCUT2D eigenvalue weighted by molar-refractivity contribution is -0.137. The molecule has 0 spiro atoms. The van der Waals surface area contributed by atoms with Crippen LogP contribution in [-0.2, 0) is 11.2 Å². The number of piperazine rings is 1. The molecule has 0 radical (unpaired) electrons. The average molecular weight is 478 g/mol. The maximum absolute atomic E-state index is 11.3. The van der Waals surface area contributed by atoms with Gasteiger partial charge in [0.05, 0.1) is 6.20 Å². The van der Waals surface area contributed by atoms with Gasteiger partial charge in [0.15, 0.2) is 5.65 Å². The van der Waals surface area contributed by atoms with Gasteiger partial charge in [-0.15, -0.1) is 0 Å². The number of rotatable bonds is 6. The molecule has 2 saturated heterocycles. The second-order valence-electron chi connectivity index (χ2n) is 10.1. The number of nitrogens with zero attached hydrogens (tertiary/aromatic N) is 6. The number of hydrogen-bond acceptors (Lipinski definition) is 6. The number of aryl methyl sites for hydroxylation is 1. The van der Waals surface area contributed by atoms with Crippen molar-refractivity contribution in [3.05, 3.63) is 42.5 Å². The highest BCUT2D eigenvalue weighted by Crippen LogP contribution is 2.27. The van der Waals surface area contributed by atoms with Crippen molar-refractivity contribution in [2.45, 2.75) is 47.0 Å². The molecule has 5 rings (SSSR count). The van der Waals surface area contributed by atoms with Crippen LogP contribution in [0.3, 0.4) is 0 Å². The Kier molecular flexibility index (Phi) is 8.33. The molecule has 0 aromatic carbocycles. The lowest BCUT2D eigenvalue weighted by atomic mass is 10.0. The Balaban J connectivity index is 0.000000221. The van der Waals surface area contributed by atoms with Crippen molar-refractivity contribution in [1.82, 2.24) is 29.8 Å². The SMILES string of the molecule is CC(C)CC(=O)N1CC(C)C1.CCCc1ncccc1-c1cnn2ccc(N3CCNCC3)nc12. The first-order valence-corrected chi connectivity index (χ1v) is 13.0. The summed E-state index contributed by atoms with van der Waals surface area (Å²) in [7, 11) is 0. The fourth-order valence-electron chi connectivity index (χ4n) is 4.62. The monoisotopic (exact) mass is 477 g/mol. The van der Waals surface area contributed by atoms with Gasteiger partial charge in [-0.05, 0) is 30.4 Å². The zero-order valence-electron chi connectivity index (χ0n) is 21.6. The van der Waals surface area contributed by atoms with Gasteiger partial charge in [0.2, 0.25) is 5.91 Å². The molecule has 188 valence electrons. The Morgan fingerprint density at radius 2 is 1.94 bits per heavy atom. The molecule has 0 atom stereocenters. The number of amides is 1. The van der Waals surface area contributed by atoms with E-state index in [4.69, 9.17) is 4.98 Å². The van der Waals surface area contributed by atoms with Crippen LogP contribution in [0.25, 0.3) is 16.8 Å². The average Bonchev–Trinajstić information content (AvgIpc) is 3.26. The van der Waals surface area contributed by atoms with Gasteiger partial charge < -0.3 is 15.1 Å². The zero-order valence-corrected chi connectivity index (χ0v) is 21.6. The van der Waals surface area contributed by atoms with E-state index in [0.29, 0.717) is 18.2 Å². The van der Waals surface area contributed by atoms with Crippen molar-refractivity contribution in [1.29, 1.82) is 0 Å². The van der Waals surface area contributed by atoms with Crippen molar-refractivity contribution < 1.29 is 4.79 Å². The third-order valence-corrected chi connectivity index (χ3v) is 6.46. The molecule has 35 heavy (non-hydrogen) atoms. The van der Waals surface area contributed by atoms with Crippen LogP contribution in [0.15, 0.2) is 36.8 Å². The second kappa shape index (κ2) is 11.6. The quantitative estimate of drug-likeness (QED) is 0.584. The summed E-state index contributed by atoms with van der Waals surface area (Å²) in [5, 5.41) is 7.86. The van der Waals surface area contributed by atoms with Crippen molar-refractivity contribution in [2.75, 3.05) is 44.2 Å². The summed E-state index contributed by atoms with van der Waals surface area (Å²) in [6.45, 7) is 14.5. The first-order chi connectivity index (χ1) is 17.0. The summed E-state index contributed by atoms with van der Waals surface area (Å²) >= 11 is 0. The van der Waals surface area contributed by atoms with E-state index in [1.807, 2.05) is 40.1 Å². The smallest absolute Gasteiger partial charge is 0.222 e. The molecular formula is C27H39N7O. The molecule has 0 aliphatic carbocycles. The maximum atomic E-state index is 11.3. The normalized spacial score (nSPS) is 16.3. The van der Waals surface area contributed by atoms with E-state index in [0.717, 1.165) is 86.3 Å². The Morgan fingerprint density at radius 1 is 1.17 bits per heavy atom. The standard InChI is InChI=1S/C18H22N6.C9H17NO/c1-2-4-16-14(5-3-7-20-16)15-13-21-24-10-6-17(22-18(15)24)23-11-8-19-9-12-23;1-7(2)4-9(11)10-5-8(3)6-10/h3,5-7,10,13,19H,2,4,8-9,11-12H2,1H3;7-8H,4-6H2,1-3H3. The number of pyridine rings is 1. The van der Waals surface area contributed by atoms with Crippen LogP contribution in [-0.4, -0.2) is 69.7 Å². The van der Waals surface area contributed by atoms with Crippen LogP contribution in [0.1, 0.15) is 46.2 Å². The lowest BCUT2D eigenvalue weighted by Gasteiger charge is -2.37. The van der Waals surface area contributed by atoms with E-state index >= 15 is 0 Å². The minimum atomic E-state index is 0.332. The highest BCUT2D eigenvalue weighted by Gasteiger charge is 2.26. The highest BCUT2D eigenvalue weighted by molar-refractivity contribution is 5.79. The first kappa shape index (κ1) is 25.1. The lowest BCUT2D eigenvalue weighted by Crippen LogP contribution is -2.48. The van der Waals surface area contributed by atoms with Gasteiger partial charge in [0.1, 0.15) is 5.82 Å². The molecule has 3 aromatic rings. The summed E-state index contributed by atoms with van der Waals surface area (Å²) in [6.07, 6.45) is 8.51. The molecule has 2 aliphatic heterocycles. The molecule has 0 unspecified atom stereocenters. The van der Waals surface area contributed by atoms with Crippen LogP contribution < -0.4 is 10.2 Å². The van der Waals surface area contributed by atoms with Gasteiger partial charge in [-0.25, -0.2) is 9.50 Å². The Hall–Kier alpha value is -3.00. The number of likely N-dealkylation sites (tertiary alicyclic amines) is 1. The van der Waals surface area contributed by atoms with Crippen molar-refractivity contribution in [3.63, 3.8) is 0 Å². The minimum Gasteiger partial charge on any atom is -0.354 e. The van der Waals surface area contributed by atoms with Gasteiger partial charge in [-0.3, -0.25) is 9.78 Å². The molecule has 1 N–H and O–H groups in total. The van der Waals surface area contributed by atoms with Crippen LogP contribution >= 0.6 is 0 Å². The molecule has 8 nitrogen and oxygen atoms in total. The maximum Gasteiger partial charge on any atom is 0.222 e. The van der Waals surface area contributed by atoms with E-state index in [9.17, 15) is 4.79 Å². The predicted octanol–water partition coefficient (Wildman–Crippen LogP) is 3.66. The highest BCUT2D eigenvalue weighted by atomic mass is 16.2. The van der Waals surface area contributed by atoms with Crippen LogP contribution in [0.4, 0.5) is 5.82 Å². The second-order valence-corrected chi connectivity index (χ2v) is 10.1. The van der Waals surface area contributed by atoms with Gasteiger partial charge in [-0.1, -0.05) is 40.2 Å². The number of nitrogens with one attached hydrogen (secondary N) is 1. The van der Waals surface area contributed by atoms with Gasteiger partial charge >= 0.3 is 0 Å². The van der Waals surface area contributed by atoms with Gasteiger partial charge in [-0.2, -0.15) is 5.10 Å².